The Kier molecular flexibility index (Phi) is 8.48. The zero-order valence-corrected chi connectivity index (χ0v) is 19.7. The van der Waals surface area contributed by atoms with Gasteiger partial charge in [0.1, 0.15) is 18.1 Å². The molecule has 0 aliphatic carbocycles. The zero-order chi connectivity index (χ0) is 23.6. The Morgan fingerprint density at radius 2 is 1.65 bits per heavy atom. The number of hydrogen-bond donors (Lipinski definition) is 2. The Morgan fingerprint density at radius 1 is 0.941 bits per heavy atom. The van der Waals surface area contributed by atoms with Crippen molar-refractivity contribution in [2.75, 3.05) is 25.1 Å². The number of carbonyl (C=O) groups excluding carboxylic acids is 1. The van der Waals surface area contributed by atoms with E-state index >= 15 is 0 Å². The highest BCUT2D eigenvalue weighted by atomic mass is 32.1. The largest absolute Gasteiger partial charge is 0.493 e. The lowest BCUT2D eigenvalue weighted by molar-refractivity contribution is 0.0679. The smallest absolute Gasteiger partial charge is 0.257 e. The third kappa shape index (κ3) is 7.30. The molecule has 6 nitrogen and oxygen atoms in total. The van der Waals surface area contributed by atoms with Gasteiger partial charge in [0.05, 0.1) is 12.7 Å². The first-order valence-corrected chi connectivity index (χ1v) is 11.8. The number of carbonyl (C=O) groups is 1. The summed E-state index contributed by atoms with van der Waals surface area (Å²) >= 11 is 5.28. The van der Waals surface area contributed by atoms with Crippen LogP contribution in [0.4, 0.5) is 5.69 Å². The first-order valence-electron chi connectivity index (χ1n) is 11.4. The third-order valence-electron chi connectivity index (χ3n) is 5.42. The van der Waals surface area contributed by atoms with Crippen LogP contribution in [0.15, 0.2) is 78.9 Å². The molecule has 1 unspecified atom stereocenters. The van der Waals surface area contributed by atoms with Crippen LogP contribution in [0.1, 0.15) is 28.8 Å². The average molecular weight is 477 g/mol. The molecule has 34 heavy (non-hydrogen) atoms. The van der Waals surface area contributed by atoms with E-state index in [4.69, 9.17) is 26.4 Å². The van der Waals surface area contributed by atoms with Gasteiger partial charge in [0.2, 0.25) is 0 Å². The van der Waals surface area contributed by atoms with Crippen molar-refractivity contribution in [2.24, 2.45) is 0 Å². The van der Waals surface area contributed by atoms with Gasteiger partial charge in [-0.05, 0) is 79.2 Å². The second-order valence-electron chi connectivity index (χ2n) is 7.99. The van der Waals surface area contributed by atoms with E-state index < -0.39 is 0 Å². The van der Waals surface area contributed by atoms with E-state index in [1.54, 1.807) is 24.3 Å². The molecule has 0 radical (unpaired) electrons. The Morgan fingerprint density at radius 3 is 2.35 bits per heavy atom. The highest BCUT2D eigenvalue weighted by Gasteiger charge is 2.16. The molecule has 1 saturated heterocycles. The molecule has 2 N–H and O–H groups in total. The number of benzene rings is 3. The molecule has 1 amide bonds. The number of hydrogen-bond acceptors (Lipinski definition) is 5. The van der Waals surface area contributed by atoms with E-state index in [-0.39, 0.29) is 17.1 Å². The molecule has 7 heteroatoms. The third-order valence-corrected chi connectivity index (χ3v) is 5.62. The molecular weight excluding hydrogens is 448 g/mol. The maximum Gasteiger partial charge on any atom is 0.257 e. The summed E-state index contributed by atoms with van der Waals surface area (Å²) in [5, 5.41) is 5.94. The monoisotopic (exact) mass is 476 g/mol. The van der Waals surface area contributed by atoms with Crippen LogP contribution >= 0.6 is 12.2 Å². The minimum absolute atomic E-state index is 0.176. The van der Waals surface area contributed by atoms with Crippen molar-refractivity contribution in [3.05, 3.63) is 90.0 Å². The van der Waals surface area contributed by atoms with Crippen LogP contribution in [0.5, 0.6) is 11.5 Å². The van der Waals surface area contributed by atoms with Crippen LogP contribution in [0.25, 0.3) is 0 Å². The molecule has 1 aliphatic heterocycles. The van der Waals surface area contributed by atoms with Crippen LogP contribution in [-0.2, 0) is 11.2 Å². The van der Waals surface area contributed by atoms with Crippen molar-refractivity contribution in [3.63, 3.8) is 0 Å². The second kappa shape index (κ2) is 12.2. The van der Waals surface area contributed by atoms with Gasteiger partial charge >= 0.3 is 0 Å². The fourth-order valence-electron chi connectivity index (χ4n) is 3.57. The van der Waals surface area contributed by atoms with Gasteiger partial charge in [-0.1, -0.05) is 30.3 Å². The van der Waals surface area contributed by atoms with Gasteiger partial charge in [-0.15, -0.1) is 0 Å². The summed E-state index contributed by atoms with van der Waals surface area (Å²) in [6.45, 7) is 1.94. The highest BCUT2D eigenvalue weighted by Crippen LogP contribution is 2.19. The summed E-state index contributed by atoms with van der Waals surface area (Å²) in [4.78, 5) is 12.5. The molecule has 176 valence electrons. The van der Waals surface area contributed by atoms with Gasteiger partial charge in [-0.2, -0.15) is 0 Å². The molecule has 3 aromatic rings. The average Bonchev–Trinajstić information content (AvgIpc) is 3.38. The molecule has 1 heterocycles. The first-order chi connectivity index (χ1) is 16.7. The fraction of sp³-hybridized carbons (Fsp3) is 0.259. The molecular formula is C27H28N2O4S. The molecule has 1 atom stereocenters. The molecule has 3 aromatic carbocycles. The summed E-state index contributed by atoms with van der Waals surface area (Å²) < 4.78 is 17.1. The Bertz CT molecular complexity index is 1070. The standard InChI is InChI=1S/C27H28N2O4S/c30-26(21-8-12-23(13-9-21)32-18-16-20-5-2-1-3-6-20)29-27(34)28-22-10-14-24(15-11-22)33-19-25-7-4-17-31-25/h1-3,5-6,8-15,25H,4,7,16-19H2,(H2,28,29,30,34). The molecule has 0 saturated carbocycles. The van der Waals surface area contributed by atoms with Gasteiger partial charge in [-0.3, -0.25) is 10.1 Å². The first kappa shape index (κ1) is 23.7. The van der Waals surface area contributed by atoms with Crippen molar-refractivity contribution in [1.82, 2.24) is 5.32 Å². The maximum atomic E-state index is 12.5. The normalized spacial score (nSPS) is 14.9. The maximum absolute atomic E-state index is 12.5. The molecule has 4 rings (SSSR count). The van der Waals surface area contributed by atoms with Crippen molar-refractivity contribution in [3.8, 4) is 11.5 Å². The Hall–Kier alpha value is -3.42. The topological polar surface area (TPSA) is 68.8 Å². The van der Waals surface area contributed by atoms with Crippen LogP contribution in [0.3, 0.4) is 0 Å². The van der Waals surface area contributed by atoms with E-state index in [2.05, 4.69) is 22.8 Å². The molecule has 0 aromatic heterocycles. The van der Waals surface area contributed by atoms with Gasteiger partial charge in [-0.25, -0.2) is 0 Å². The lowest BCUT2D eigenvalue weighted by Gasteiger charge is -2.13. The Labute approximate surface area is 205 Å². The second-order valence-corrected chi connectivity index (χ2v) is 8.40. The van der Waals surface area contributed by atoms with Crippen LogP contribution < -0.4 is 20.1 Å². The minimum atomic E-state index is -0.287. The van der Waals surface area contributed by atoms with E-state index in [9.17, 15) is 4.79 Å². The van der Waals surface area contributed by atoms with E-state index in [1.165, 1.54) is 5.56 Å². The van der Waals surface area contributed by atoms with Crippen LogP contribution in [0.2, 0.25) is 0 Å². The number of thiocarbonyl (C=S) groups is 1. The van der Waals surface area contributed by atoms with Crippen LogP contribution in [0, 0.1) is 0 Å². The Balaban J connectivity index is 1.19. The predicted octanol–water partition coefficient (Wildman–Crippen LogP) is 4.99. The lowest BCUT2D eigenvalue weighted by Crippen LogP contribution is -2.34. The molecule has 1 fully saturated rings. The number of anilines is 1. The number of ether oxygens (including phenoxy) is 3. The fourth-order valence-corrected chi connectivity index (χ4v) is 3.78. The summed E-state index contributed by atoms with van der Waals surface area (Å²) in [6.07, 6.45) is 3.13. The molecule has 0 bridgehead atoms. The van der Waals surface area contributed by atoms with Crippen molar-refractivity contribution >= 4 is 28.9 Å². The zero-order valence-electron chi connectivity index (χ0n) is 18.9. The van der Waals surface area contributed by atoms with Crippen molar-refractivity contribution in [1.29, 1.82) is 0 Å². The number of rotatable bonds is 9. The number of nitrogens with one attached hydrogen (secondary N) is 2. The number of amides is 1. The highest BCUT2D eigenvalue weighted by molar-refractivity contribution is 7.80. The predicted molar refractivity (Wildman–Crippen MR) is 137 cm³/mol. The van der Waals surface area contributed by atoms with Crippen molar-refractivity contribution in [2.45, 2.75) is 25.4 Å². The molecule has 0 spiro atoms. The van der Waals surface area contributed by atoms with Gasteiger partial charge in [0.15, 0.2) is 5.11 Å². The van der Waals surface area contributed by atoms with Gasteiger partial charge in [0.25, 0.3) is 5.91 Å². The SMILES string of the molecule is O=C(NC(=S)Nc1ccc(OCC2CCCO2)cc1)c1ccc(OCCc2ccccc2)cc1. The lowest BCUT2D eigenvalue weighted by atomic mass is 10.2. The minimum Gasteiger partial charge on any atom is -0.493 e. The van der Waals surface area contributed by atoms with Gasteiger partial charge < -0.3 is 19.5 Å². The van der Waals surface area contributed by atoms with E-state index in [0.29, 0.717) is 18.8 Å². The van der Waals surface area contributed by atoms with E-state index in [1.807, 2.05) is 42.5 Å². The van der Waals surface area contributed by atoms with Gasteiger partial charge in [0, 0.05) is 24.3 Å². The quantitative estimate of drug-likeness (QED) is 0.424. The van der Waals surface area contributed by atoms with E-state index in [0.717, 1.165) is 43.1 Å². The summed E-state index contributed by atoms with van der Waals surface area (Å²) in [6, 6.07) is 24.6. The van der Waals surface area contributed by atoms with Crippen LogP contribution in [-0.4, -0.2) is 36.9 Å². The molecule has 1 aliphatic rings. The van der Waals surface area contributed by atoms with Crippen molar-refractivity contribution < 1.29 is 19.0 Å². The summed E-state index contributed by atoms with van der Waals surface area (Å²) in [7, 11) is 0. The summed E-state index contributed by atoms with van der Waals surface area (Å²) in [5.41, 5.74) is 2.48. The summed E-state index contributed by atoms with van der Waals surface area (Å²) in [5.74, 6) is 1.20.